The van der Waals surface area contributed by atoms with Crippen molar-refractivity contribution in [2.24, 2.45) is 0 Å². The number of carbonyl (C=O) groups is 1. The molecular weight excluding hydrogens is 336 g/mol. The van der Waals surface area contributed by atoms with Gasteiger partial charge in [-0.1, -0.05) is 44.2 Å². The summed E-state index contributed by atoms with van der Waals surface area (Å²) in [5.41, 5.74) is 2.66. The fourth-order valence-electron chi connectivity index (χ4n) is 2.92. The van der Waals surface area contributed by atoms with Gasteiger partial charge in [0.05, 0.1) is 4.92 Å². The average Bonchev–Trinajstić information content (AvgIpc) is 3.11. The summed E-state index contributed by atoms with van der Waals surface area (Å²) in [6.07, 6.45) is 0. The highest BCUT2D eigenvalue weighted by molar-refractivity contribution is 7.99. The molecule has 3 rings (SSSR count). The Balaban J connectivity index is 1.84. The zero-order chi connectivity index (χ0) is 18.0. The van der Waals surface area contributed by atoms with Gasteiger partial charge in [-0.2, -0.15) is 0 Å². The van der Waals surface area contributed by atoms with Crippen LogP contribution in [0.15, 0.2) is 48.5 Å². The number of carbonyl (C=O) groups excluding carboxylic acids is 1. The molecule has 25 heavy (non-hydrogen) atoms. The number of hydrogen-bond acceptors (Lipinski definition) is 4. The van der Waals surface area contributed by atoms with E-state index in [9.17, 15) is 14.9 Å². The molecule has 1 heterocycles. The van der Waals surface area contributed by atoms with Crippen molar-refractivity contribution in [2.45, 2.75) is 25.1 Å². The third-order valence-corrected chi connectivity index (χ3v) is 5.60. The van der Waals surface area contributed by atoms with Gasteiger partial charge in [0.1, 0.15) is 5.37 Å². The number of rotatable bonds is 4. The number of hydrogen-bond donors (Lipinski definition) is 0. The Morgan fingerprint density at radius 2 is 1.96 bits per heavy atom. The molecule has 0 radical (unpaired) electrons. The molecule has 0 spiro atoms. The smallest absolute Gasteiger partial charge is 0.270 e. The first kappa shape index (κ1) is 17.5. The fraction of sp³-hybridized carbons (Fsp3) is 0.316. The summed E-state index contributed by atoms with van der Waals surface area (Å²) in [4.78, 5) is 25.1. The maximum absolute atomic E-state index is 12.9. The molecule has 1 atom stereocenters. The summed E-state index contributed by atoms with van der Waals surface area (Å²) in [7, 11) is 0. The molecule has 1 aliphatic heterocycles. The molecule has 0 aromatic heterocycles. The van der Waals surface area contributed by atoms with Crippen molar-refractivity contribution in [2.75, 3.05) is 12.3 Å². The summed E-state index contributed by atoms with van der Waals surface area (Å²) in [5.74, 6) is 1.16. The fourth-order valence-corrected chi connectivity index (χ4v) is 4.17. The molecule has 1 aliphatic rings. The molecule has 0 bridgehead atoms. The monoisotopic (exact) mass is 356 g/mol. The molecule has 6 heteroatoms. The molecule has 5 nitrogen and oxygen atoms in total. The lowest BCUT2D eigenvalue weighted by Gasteiger charge is -2.24. The minimum atomic E-state index is -0.475. The standard InChI is InChI=1S/C19H20N2O3S/c1-13(2)14-6-8-15(9-7-14)19-20(10-11-25-19)18(22)16-4-3-5-17(12-16)21(23)24/h3-9,12-13,19H,10-11H2,1-2H3/t19-/m1/s1. The number of nitrogens with zero attached hydrogens (tertiary/aromatic N) is 2. The van der Waals surface area contributed by atoms with Gasteiger partial charge in [0, 0.05) is 30.0 Å². The van der Waals surface area contributed by atoms with Crippen molar-refractivity contribution in [3.05, 3.63) is 75.3 Å². The Kier molecular flexibility index (Phi) is 5.08. The zero-order valence-corrected chi connectivity index (χ0v) is 15.0. The van der Waals surface area contributed by atoms with Crippen LogP contribution in [0.25, 0.3) is 0 Å². The second kappa shape index (κ2) is 7.27. The van der Waals surface area contributed by atoms with Crippen molar-refractivity contribution >= 4 is 23.4 Å². The maximum atomic E-state index is 12.9. The van der Waals surface area contributed by atoms with Crippen LogP contribution in [0.1, 0.15) is 46.6 Å². The number of thioether (sulfide) groups is 1. The molecular formula is C19H20N2O3S. The van der Waals surface area contributed by atoms with Crippen LogP contribution in [0.3, 0.4) is 0 Å². The van der Waals surface area contributed by atoms with Gasteiger partial charge in [-0.05, 0) is 23.1 Å². The lowest BCUT2D eigenvalue weighted by molar-refractivity contribution is -0.384. The molecule has 0 saturated carbocycles. The Hall–Kier alpha value is -2.34. The summed E-state index contributed by atoms with van der Waals surface area (Å²) >= 11 is 1.72. The number of non-ortho nitro benzene ring substituents is 1. The van der Waals surface area contributed by atoms with Crippen LogP contribution in [0.5, 0.6) is 0 Å². The molecule has 130 valence electrons. The van der Waals surface area contributed by atoms with E-state index in [1.54, 1.807) is 28.8 Å². The molecule has 0 unspecified atom stereocenters. The topological polar surface area (TPSA) is 63.5 Å². The van der Waals surface area contributed by atoms with Gasteiger partial charge in [-0.15, -0.1) is 11.8 Å². The zero-order valence-electron chi connectivity index (χ0n) is 14.2. The van der Waals surface area contributed by atoms with Crippen molar-refractivity contribution in [1.29, 1.82) is 0 Å². The summed E-state index contributed by atoms with van der Waals surface area (Å²) in [5, 5.41) is 10.9. The van der Waals surface area contributed by atoms with Gasteiger partial charge in [0.25, 0.3) is 11.6 Å². The van der Waals surface area contributed by atoms with E-state index in [1.165, 1.54) is 17.7 Å². The Bertz CT molecular complexity index is 790. The second-order valence-electron chi connectivity index (χ2n) is 6.35. The average molecular weight is 356 g/mol. The highest BCUT2D eigenvalue weighted by Gasteiger charge is 2.31. The second-order valence-corrected chi connectivity index (χ2v) is 7.54. The van der Waals surface area contributed by atoms with Gasteiger partial charge >= 0.3 is 0 Å². The largest absolute Gasteiger partial charge is 0.322 e. The van der Waals surface area contributed by atoms with Gasteiger partial charge < -0.3 is 4.90 Å². The molecule has 1 fully saturated rings. The predicted octanol–water partition coefficient (Wildman–Crippen LogP) is 4.61. The van der Waals surface area contributed by atoms with E-state index in [4.69, 9.17) is 0 Å². The van der Waals surface area contributed by atoms with Crippen molar-refractivity contribution in [3.8, 4) is 0 Å². The van der Waals surface area contributed by atoms with Crippen molar-refractivity contribution in [3.63, 3.8) is 0 Å². The summed E-state index contributed by atoms with van der Waals surface area (Å²) in [6.45, 7) is 4.94. The number of amides is 1. The minimum absolute atomic E-state index is 0.0482. The van der Waals surface area contributed by atoms with Gasteiger partial charge in [0.2, 0.25) is 0 Å². The first-order chi connectivity index (χ1) is 12.0. The number of nitro benzene ring substituents is 1. The minimum Gasteiger partial charge on any atom is -0.322 e. The maximum Gasteiger partial charge on any atom is 0.270 e. The van der Waals surface area contributed by atoms with Crippen LogP contribution in [-0.2, 0) is 0 Å². The van der Waals surface area contributed by atoms with E-state index >= 15 is 0 Å². The highest BCUT2D eigenvalue weighted by Crippen LogP contribution is 2.39. The Morgan fingerprint density at radius 3 is 2.60 bits per heavy atom. The van der Waals surface area contributed by atoms with E-state index in [-0.39, 0.29) is 17.0 Å². The van der Waals surface area contributed by atoms with E-state index in [0.717, 1.165) is 11.3 Å². The van der Waals surface area contributed by atoms with Crippen LogP contribution in [0.2, 0.25) is 0 Å². The van der Waals surface area contributed by atoms with Crippen LogP contribution >= 0.6 is 11.8 Å². The predicted molar refractivity (Wildman–Crippen MR) is 99.9 cm³/mol. The van der Waals surface area contributed by atoms with Crippen molar-refractivity contribution in [1.82, 2.24) is 4.90 Å². The van der Waals surface area contributed by atoms with E-state index in [1.807, 2.05) is 0 Å². The van der Waals surface area contributed by atoms with E-state index in [2.05, 4.69) is 38.1 Å². The van der Waals surface area contributed by atoms with Crippen molar-refractivity contribution < 1.29 is 9.72 Å². The third kappa shape index (κ3) is 3.69. The van der Waals surface area contributed by atoms with Crippen LogP contribution in [-0.4, -0.2) is 28.0 Å². The summed E-state index contributed by atoms with van der Waals surface area (Å²) in [6, 6.07) is 14.3. The normalized spacial score (nSPS) is 17.1. The molecule has 2 aromatic rings. The first-order valence-electron chi connectivity index (χ1n) is 8.24. The SMILES string of the molecule is CC(C)c1ccc([C@H]2SCCN2C(=O)c2cccc([N+](=O)[O-])c2)cc1. The molecule has 0 N–H and O–H groups in total. The lowest BCUT2D eigenvalue weighted by atomic mass is 10.0. The quantitative estimate of drug-likeness (QED) is 0.593. The van der Waals surface area contributed by atoms with Crippen LogP contribution < -0.4 is 0 Å². The number of benzene rings is 2. The van der Waals surface area contributed by atoms with Gasteiger partial charge in [-0.25, -0.2) is 0 Å². The van der Waals surface area contributed by atoms with Gasteiger partial charge in [0.15, 0.2) is 0 Å². The molecule has 0 aliphatic carbocycles. The Labute approximate surface area is 151 Å². The van der Waals surface area contributed by atoms with E-state index in [0.29, 0.717) is 18.0 Å². The lowest BCUT2D eigenvalue weighted by Crippen LogP contribution is -2.30. The van der Waals surface area contributed by atoms with Crippen LogP contribution in [0, 0.1) is 10.1 Å². The summed E-state index contributed by atoms with van der Waals surface area (Å²) < 4.78 is 0. The molecule has 2 aromatic carbocycles. The third-order valence-electron chi connectivity index (χ3n) is 4.34. The van der Waals surface area contributed by atoms with Crippen LogP contribution in [0.4, 0.5) is 5.69 Å². The van der Waals surface area contributed by atoms with E-state index < -0.39 is 4.92 Å². The highest BCUT2D eigenvalue weighted by atomic mass is 32.2. The van der Waals surface area contributed by atoms with Gasteiger partial charge in [-0.3, -0.25) is 14.9 Å². The number of nitro groups is 1. The molecule has 1 saturated heterocycles. The Morgan fingerprint density at radius 1 is 1.24 bits per heavy atom. The first-order valence-corrected chi connectivity index (χ1v) is 9.29. The molecule has 1 amide bonds.